The first-order chi connectivity index (χ1) is 17.4. The Balaban J connectivity index is 1.67. The summed E-state index contributed by atoms with van der Waals surface area (Å²) in [5.41, 5.74) is 2.02. The van der Waals surface area contributed by atoms with E-state index in [1.807, 2.05) is 54.6 Å². The lowest BCUT2D eigenvalue weighted by molar-refractivity contribution is -0.133. The molecule has 2 heterocycles. The smallest absolute Gasteiger partial charge is 0.361 e. The van der Waals surface area contributed by atoms with Crippen LogP contribution in [0.15, 0.2) is 64.2 Å². The number of halogens is 1. The predicted octanol–water partition coefficient (Wildman–Crippen LogP) is 3.77. The molecule has 0 saturated carbocycles. The van der Waals surface area contributed by atoms with Crippen molar-refractivity contribution in [2.45, 2.75) is 32.9 Å². The third-order valence-electron chi connectivity index (χ3n) is 5.49. The highest BCUT2D eigenvalue weighted by Crippen LogP contribution is 2.33. The molecule has 1 aliphatic rings. The van der Waals surface area contributed by atoms with Crippen molar-refractivity contribution >= 4 is 39.5 Å². The summed E-state index contributed by atoms with van der Waals surface area (Å²) < 4.78 is 12.0. The van der Waals surface area contributed by atoms with Gasteiger partial charge in [-0.05, 0) is 37.1 Å². The van der Waals surface area contributed by atoms with Gasteiger partial charge in [-0.2, -0.15) is 5.10 Å². The highest BCUT2D eigenvalue weighted by atomic mass is 79.9. The summed E-state index contributed by atoms with van der Waals surface area (Å²) in [5.74, 6) is -2.07. The molecule has 0 fully saturated rings. The Morgan fingerprint density at radius 1 is 0.972 bits per heavy atom. The summed E-state index contributed by atoms with van der Waals surface area (Å²) in [4.78, 5) is 38.5. The van der Waals surface area contributed by atoms with Gasteiger partial charge in [0.2, 0.25) is 5.69 Å². The minimum Gasteiger partial charge on any atom is -0.461 e. The number of carbonyl (C=O) groups is 3. The van der Waals surface area contributed by atoms with Gasteiger partial charge in [0.1, 0.15) is 6.54 Å². The molecule has 1 aliphatic heterocycles. The number of hydrogen-bond acceptors (Lipinski definition) is 8. The third kappa shape index (κ3) is 5.35. The second kappa shape index (κ2) is 11.3. The molecule has 1 atom stereocenters. The van der Waals surface area contributed by atoms with E-state index in [0.29, 0.717) is 6.42 Å². The number of amides is 1. The van der Waals surface area contributed by atoms with Crippen LogP contribution < -0.4 is 0 Å². The molecule has 0 radical (unpaired) electrons. The van der Waals surface area contributed by atoms with Crippen molar-refractivity contribution in [1.29, 1.82) is 0 Å². The normalized spacial score (nSPS) is 14.9. The minimum atomic E-state index is -0.821. The zero-order valence-electron chi connectivity index (χ0n) is 19.8. The Labute approximate surface area is 216 Å². The average molecular weight is 554 g/mol. The summed E-state index contributed by atoms with van der Waals surface area (Å²) in [7, 11) is 0. The highest BCUT2D eigenvalue weighted by Gasteiger charge is 2.35. The monoisotopic (exact) mass is 553 g/mol. The number of ether oxygens (including phenoxy) is 2. The molecule has 1 amide bonds. The number of benzene rings is 2. The van der Waals surface area contributed by atoms with E-state index in [0.717, 1.165) is 26.0 Å². The molecule has 11 heteroatoms. The molecule has 0 N–H and O–H groups in total. The Kier molecular flexibility index (Phi) is 7.89. The summed E-state index contributed by atoms with van der Waals surface area (Å²) in [6.45, 7) is 3.06. The van der Waals surface area contributed by atoms with Crippen LogP contribution in [-0.2, 0) is 20.8 Å². The van der Waals surface area contributed by atoms with Crippen molar-refractivity contribution in [3.8, 4) is 0 Å². The number of carbonyl (C=O) groups excluding carboxylic acids is 3. The Bertz CT molecular complexity index is 1290. The number of aromatic nitrogens is 3. The van der Waals surface area contributed by atoms with Gasteiger partial charge in [0.25, 0.3) is 5.91 Å². The molecule has 0 spiro atoms. The lowest BCUT2D eigenvalue weighted by Crippen LogP contribution is -2.32. The van der Waals surface area contributed by atoms with E-state index in [-0.39, 0.29) is 37.2 Å². The molecular weight excluding hydrogens is 530 g/mol. The lowest BCUT2D eigenvalue weighted by atomic mass is 9.98. The van der Waals surface area contributed by atoms with Crippen molar-refractivity contribution in [1.82, 2.24) is 20.0 Å². The molecule has 4 rings (SSSR count). The van der Waals surface area contributed by atoms with Crippen LogP contribution in [0.5, 0.6) is 0 Å². The maximum Gasteiger partial charge on any atom is 0.361 e. The third-order valence-corrected chi connectivity index (χ3v) is 6.01. The number of hydrogen-bond donors (Lipinski definition) is 0. The summed E-state index contributed by atoms with van der Waals surface area (Å²) >= 11 is 3.44. The fourth-order valence-electron chi connectivity index (χ4n) is 3.85. The van der Waals surface area contributed by atoms with Crippen molar-refractivity contribution in [3.63, 3.8) is 0 Å². The molecule has 0 saturated heterocycles. The molecule has 1 unspecified atom stereocenters. The number of esters is 2. The van der Waals surface area contributed by atoms with Crippen LogP contribution in [0.3, 0.4) is 0 Å². The van der Waals surface area contributed by atoms with E-state index in [1.165, 1.54) is 5.01 Å². The van der Waals surface area contributed by atoms with Crippen LogP contribution in [0.25, 0.3) is 0 Å². The number of rotatable bonds is 8. The van der Waals surface area contributed by atoms with E-state index in [2.05, 4.69) is 31.3 Å². The van der Waals surface area contributed by atoms with E-state index in [9.17, 15) is 14.4 Å². The van der Waals surface area contributed by atoms with Gasteiger partial charge < -0.3 is 9.47 Å². The lowest BCUT2D eigenvalue weighted by Gasteiger charge is -2.22. The molecule has 0 bridgehead atoms. The summed E-state index contributed by atoms with van der Waals surface area (Å²) in [5, 5.41) is 13.7. The molecule has 3 aromatic rings. The first-order valence-electron chi connectivity index (χ1n) is 11.4. The summed E-state index contributed by atoms with van der Waals surface area (Å²) in [6, 6.07) is 16.9. The molecular formula is C25H24BrN5O5. The van der Waals surface area contributed by atoms with Gasteiger partial charge in [0.05, 0.1) is 25.0 Å². The van der Waals surface area contributed by atoms with Crippen LogP contribution in [0.2, 0.25) is 0 Å². The van der Waals surface area contributed by atoms with E-state index >= 15 is 0 Å². The Morgan fingerprint density at radius 2 is 1.64 bits per heavy atom. The molecule has 1 aromatic heterocycles. The van der Waals surface area contributed by atoms with Crippen LogP contribution in [-0.4, -0.2) is 56.8 Å². The first kappa shape index (κ1) is 25.2. The van der Waals surface area contributed by atoms with Crippen molar-refractivity contribution < 1.29 is 23.9 Å². The van der Waals surface area contributed by atoms with Crippen molar-refractivity contribution in [2.24, 2.45) is 5.10 Å². The maximum atomic E-state index is 13.5. The topological polar surface area (TPSA) is 116 Å². The van der Waals surface area contributed by atoms with Gasteiger partial charge in [0, 0.05) is 10.9 Å². The van der Waals surface area contributed by atoms with E-state index in [1.54, 1.807) is 13.8 Å². The van der Waals surface area contributed by atoms with Crippen molar-refractivity contribution in [2.75, 3.05) is 13.2 Å². The second-order valence-corrected chi connectivity index (χ2v) is 8.72. The zero-order chi connectivity index (χ0) is 25.7. The Hall–Kier alpha value is -3.86. The fraction of sp³-hybridized carbons (Fsp3) is 0.280. The van der Waals surface area contributed by atoms with Crippen LogP contribution in [0, 0.1) is 0 Å². The molecule has 0 aliphatic carbocycles. The van der Waals surface area contributed by atoms with Gasteiger partial charge in [-0.25, -0.2) is 19.3 Å². The summed E-state index contributed by atoms with van der Waals surface area (Å²) in [6.07, 6.45) is 0.507. The first-order valence-corrected chi connectivity index (χ1v) is 12.2. The van der Waals surface area contributed by atoms with Gasteiger partial charge in [-0.15, -0.1) is 5.10 Å². The molecule has 186 valence electrons. The van der Waals surface area contributed by atoms with Crippen molar-refractivity contribution in [3.05, 3.63) is 81.6 Å². The molecule has 36 heavy (non-hydrogen) atoms. The van der Waals surface area contributed by atoms with Crippen LogP contribution in [0.4, 0.5) is 0 Å². The van der Waals surface area contributed by atoms with E-state index < -0.39 is 17.8 Å². The van der Waals surface area contributed by atoms with E-state index in [4.69, 9.17) is 9.47 Å². The fourth-order valence-corrected chi connectivity index (χ4v) is 4.12. The second-order valence-electron chi connectivity index (χ2n) is 7.81. The molecule has 10 nitrogen and oxygen atoms in total. The van der Waals surface area contributed by atoms with Gasteiger partial charge in [-0.1, -0.05) is 63.6 Å². The van der Waals surface area contributed by atoms with Crippen LogP contribution >= 0.6 is 15.9 Å². The average Bonchev–Trinajstić information content (AvgIpc) is 3.50. The maximum absolute atomic E-state index is 13.5. The largest absolute Gasteiger partial charge is 0.461 e. The quantitative estimate of drug-likeness (QED) is 0.390. The SMILES string of the molecule is CCOC(=O)c1nnn(CC(=O)N2N=C(c3ccc(Br)cc3)CC2c2ccccc2)c1C(=O)OCC. The van der Waals surface area contributed by atoms with Gasteiger partial charge >= 0.3 is 11.9 Å². The highest BCUT2D eigenvalue weighted by molar-refractivity contribution is 9.10. The minimum absolute atomic E-state index is 0.0727. The predicted molar refractivity (Wildman–Crippen MR) is 133 cm³/mol. The Morgan fingerprint density at radius 3 is 2.31 bits per heavy atom. The number of nitrogens with zero attached hydrogens (tertiary/aromatic N) is 5. The van der Waals surface area contributed by atoms with Gasteiger partial charge in [0.15, 0.2) is 5.69 Å². The molecule has 2 aromatic carbocycles. The van der Waals surface area contributed by atoms with Gasteiger partial charge in [-0.3, -0.25) is 4.79 Å². The van der Waals surface area contributed by atoms with Crippen LogP contribution in [0.1, 0.15) is 58.4 Å². The zero-order valence-corrected chi connectivity index (χ0v) is 21.3. The number of hydrazone groups is 1. The standard InChI is InChI=1S/C25H24BrN5O5/c1-3-35-24(33)22-23(25(34)36-4-2)30(29-27-22)15-21(32)31-20(17-8-6-5-7-9-17)14-19(28-31)16-10-12-18(26)13-11-16/h5-13,20H,3-4,14-15H2,1-2H3.